The normalized spacial score (nSPS) is 16.5. The maximum absolute atomic E-state index is 13.0. The molecule has 5 rings (SSSR count). The molecule has 0 aliphatic carbocycles. The van der Waals surface area contributed by atoms with Crippen LogP contribution in [-0.4, -0.2) is 55.3 Å². The molecule has 3 aromatic heterocycles. The maximum atomic E-state index is 13.0. The summed E-state index contributed by atoms with van der Waals surface area (Å²) in [6.07, 6.45) is 2.63. The molecular formula is C24H27N7O2. The second-order valence-electron chi connectivity index (χ2n) is 9.53. The smallest absolute Gasteiger partial charge is 0.274 e. The number of nitrogens with one attached hydrogen (secondary N) is 2. The Morgan fingerprint density at radius 1 is 1.24 bits per heavy atom. The average Bonchev–Trinajstić information content (AvgIpc) is 3.54. The van der Waals surface area contributed by atoms with E-state index in [1.54, 1.807) is 13.1 Å². The van der Waals surface area contributed by atoms with Crippen LogP contribution >= 0.6 is 0 Å². The van der Waals surface area contributed by atoms with Gasteiger partial charge in [0.25, 0.3) is 5.91 Å². The van der Waals surface area contributed by atoms with E-state index in [0.29, 0.717) is 30.5 Å². The Balaban J connectivity index is 1.33. The van der Waals surface area contributed by atoms with Crippen molar-refractivity contribution < 1.29 is 9.32 Å². The van der Waals surface area contributed by atoms with Crippen LogP contribution in [0.3, 0.4) is 0 Å². The summed E-state index contributed by atoms with van der Waals surface area (Å²) in [6, 6.07) is 9.95. The fourth-order valence-corrected chi connectivity index (χ4v) is 4.07. The molecule has 1 atom stereocenters. The Bertz CT molecular complexity index is 1320. The van der Waals surface area contributed by atoms with E-state index in [9.17, 15) is 4.79 Å². The molecule has 1 unspecified atom stereocenters. The van der Waals surface area contributed by atoms with E-state index < -0.39 is 0 Å². The SMILES string of the molecule is Cc1nc(-c2ccc3ccnc(NC4CCN(C(=O)c5cc(C(C)(C)C)[nH]n5)C4)c3c2)no1. The number of carbonyl (C=O) groups is 1. The van der Waals surface area contributed by atoms with Crippen molar-refractivity contribution in [3.8, 4) is 11.4 Å². The number of benzene rings is 1. The first-order valence-electron chi connectivity index (χ1n) is 11.1. The molecule has 1 aliphatic rings. The fourth-order valence-electron chi connectivity index (χ4n) is 4.07. The molecule has 1 fully saturated rings. The van der Waals surface area contributed by atoms with Crippen LogP contribution in [0.25, 0.3) is 22.2 Å². The third kappa shape index (κ3) is 4.18. The van der Waals surface area contributed by atoms with Crippen LogP contribution in [0.1, 0.15) is 49.3 Å². The van der Waals surface area contributed by atoms with E-state index >= 15 is 0 Å². The van der Waals surface area contributed by atoms with E-state index in [1.807, 2.05) is 35.2 Å². The van der Waals surface area contributed by atoms with Gasteiger partial charge in [0.05, 0.1) is 0 Å². The van der Waals surface area contributed by atoms with Gasteiger partial charge in [-0.3, -0.25) is 9.89 Å². The molecule has 1 amide bonds. The number of hydrogen-bond donors (Lipinski definition) is 2. The predicted octanol–water partition coefficient (Wildman–Crippen LogP) is 3.94. The Hall–Kier alpha value is -3.75. The van der Waals surface area contributed by atoms with Crippen molar-refractivity contribution in [1.82, 2.24) is 30.2 Å². The van der Waals surface area contributed by atoms with Crippen molar-refractivity contribution in [2.24, 2.45) is 0 Å². The van der Waals surface area contributed by atoms with Gasteiger partial charge >= 0.3 is 0 Å². The molecule has 1 saturated heterocycles. The van der Waals surface area contributed by atoms with Crippen molar-refractivity contribution >= 4 is 22.5 Å². The lowest BCUT2D eigenvalue weighted by Gasteiger charge is -2.17. The van der Waals surface area contributed by atoms with Gasteiger partial charge in [0.15, 0.2) is 0 Å². The first-order chi connectivity index (χ1) is 15.8. The van der Waals surface area contributed by atoms with Crippen molar-refractivity contribution in [2.75, 3.05) is 18.4 Å². The zero-order valence-electron chi connectivity index (χ0n) is 19.2. The second kappa shape index (κ2) is 7.99. The van der Waals surface area contributed by atoms with E-state index in [4.69, 9.17) is 4.52 Å². The van der Waals surface area contributed by atoms with Gasteiger partial charge in [-0.25, -0.2) is 4.98 Å². The van der Waals surface area contributed by atoms with Gasteiger partial charge in [-0.15, -0.1) is 0 Å². The summed E-state index contributed by atoms with van der Waals surface area (Å²) in [5.74, 6) is 1.81. The highest BCUT2D eigenvalue weighted by Gasteiger charge is 2.29. The zero-order valence-corrected chi connectivity index (χ0v) is 19.2. The number of rotatable bonds is 4. The lowest BCUT2D eigenvalue weighted by Crippen LogP contribution is -2.32. The van der Waals surface area contributed by atoms with Crippen LogP contribution in [0.4, 0.5) is 5.82 Å². The number of aryl methyl sites for hydroxylation is 1. The highest BCUT2D eigenvalue weighted by Crippen LogP contribution is 2.28. The standard InChI is InChI=1S/C24H27N7O2/c1-14-26-21(30-33-14)16-6-5-15-7-9-25-22(18(15)11-16)27-17-8-10-31(13-17)23(32)19-12-20(29-28-19)24(2,3)4/h5-7,9,11-12,17H,8,10,13H2,1-4H3,(H,25,27)(H,28,29). The number of pyridine rings is 1. The third-order valence-electron chi connectivity index (χ3n) is 5.97. The first-order valence-corrected chi connectivity index (χ1v) is 11.1. The molecule has 2 N–H and O–H groups in total. The Labute approximate surface area is 191 Å². The van der Waals surface area contributed by atoms with Crippen LogP contribution in [0.2, 0.25) is 0 Å². The minimum absolute atomic E-state index is 0.0494. The van der Waals surface area contributed by atoms with Crippen LogP contribution in [0, 0.1) is 6.92 Å². The molecule has 170 valence electrons. The Morgan fingerprint density at radius 3 is 2.82 bits per heavy atom. The lowest BCUT2D eigenvalue weighted by molar-refractivity contribution is 0.0785. The molecular weight excluding hydrogens is 418 g/mol. The quantitative estimate of drug-likeness (QED) is 0.489. The highest BCUT2D eigenvalue weighted by atomic mass is 16.5. The molecule has 0 bridgehead atoms. The average molecular weight is 446 g/mol. The number of likely N-dealkylation sites (tertiary alicyclic amines) is 1. The van der Waals surface area contributed by atoms with E-state index in [1.165, 1.54) is 0 Å². The van der Waals surface area contributed by atoms with Gasteiger partial charge in [-0.1, -0.05) is 38.1 Å². The summed E-state index contributed by atoms with van der Waals surface area (Å²) in [4.78, 5) is 23.7. The summed E-state index contributed by atoms with van der Waals surface area (Å²) < 4.78 is 5.12. The monoisotopic (exact) mass is 445 g/mol. The van der Waals surface area contributed by atoms with Crippen LogP contribution in [0.15, 0.2) is 41.1 Å². The van der Waals surface area contributed by atoms with Crippen LogP contribution < -0.4 is 5.32 Å². The highest BCUT2D eigenvalue weighted by molar-refractivity contribution is 5.95. The van der Waals surface area contributed by atoms with Gasteiger partial charge in [0.2, 0.25) is 11.7 Å². The number of anilines is 1. The van der Waals surface area contributed by atoms with Crippen molar-refractivity contribution in [3.05, 3.63) is 53.8 Å². The topological polar surface area (TPSA) is 113 Å². The Morgan fingerprint density at radius 2 is 2.09 bits per heavy atom. The summed E-state index contributed by atoms with van der Waals surface area (Å²) in [5, 5.41) is 16.8. The molecule has 4 heterocycles. The number of H-pyrrole nitrogens is 1. The number of amides is 1. The molecule has 4 aromatic rings. The zero-order chi connectivity index (χ0) is 23.2. The summed E-state index contributed by atoms with van der Waals surface area (Å²) in [5.41, 5.74) is 2.20. The molecule has 0 spiro atoms. The van der Waals surface area contributed by atoms with Crippen LogP contribution in [0.5, 0.6) is 0 Å². The fraction of sp³-hybridized carbons (Fsp3) is 0.375. The molecule has 9 nitrogen and oxygen atoms in total. The molecule has 9 heteroatoms. The van der Waals surface area contributed by atoms with Gasteiger partial charge in [-0.05, 0) is 30.0 Å². The molecule has 0 saturated carbocycles. The molecule has 1 aliphatic heterocycles. The maximum Gasteiger partial charge on any atom is 0.274 e. The third-order valence-corrected chi connectivity index (χ3v) is 5.97. The predicted molar refractivity (Wildman–Crippen MR) is 125 cm³/mol. The molecule has 1 aromatic carbocycles. The van der Waals surface area contributed by atoms with E-state index in [0.717, 1.165) is 34.3 Å². The summed E-state index contributed by atoms with van der Waals surface area (Å²) >= 11 is 0. The lowest BCUT2D eigenvalue weighted by atomic mass is 9.92. The van der Waals surface area contributed by atoms with Crippen molar-refractivity contribution in [1.29, 1.82) is 0 Å². The first kappa shape index (κ1) is 21.1. The van der Waals surface area contributed by atoms with Crippen molar-refractivity contribution in [2.45, 2.75) is 45.6 Å². The number of fused-ring (bicyclic) bond motifs is 1. The second-order valence-corrected chi connectivity index (χ2v) is 9.53. The van der Waals surface area contributed by atoms with Gasteiger partial charge in [-0.2, -0.15) is 10.1 Å². The minimum atomic E-state index is -0.0836. The number of aromatic nitrogens is 5. The minimum Gasteiger partial charge on any atom is -0.365 e. The number of hydrogen-bond acceptors (Lipinski definition) is 7. The largest absolute Gasteiger partial charge is 0.365 e. The number of nitrogens with zero attached hydrogens (tertiary/aromatic N) is 5. The summed E-state index contributed by atoms with van der Waals surface area (Å²) in [6.45, 7) is 9.31. The van der Waals surface area contributed by atoms with Gasteiger partial charge < -0.3 is 14.7 Å². The van der Waals surface area contributed by atoms with E-state index in [-0.39, 0.29) is 17.4 Å². The van der Waals surface area contributed by atoms with Gasteiger partial charge in [0.1, 0.15) is 11.5 Å². The molecule has 33 heavy (non-hydrogen) atoms. The van der Waals surface area contributed by atoms with E-state index in [2.05, 4.69) is 51.4 Å². The van der Waals surface area contributed by atoms with Crippen molar-refractivity contribution in [3.63, 3.8) is 0 Å². The number of aromatic amines is 1. The summed E-state index contributed by atoms with van der Waals surface area (Å²) in [7, 11) is 0. The number of carbonyl (C=O) groups excluding carboxylic acids is 1. The van der Waals surface area contributed by atoms with Crippen LogP contribution in [-0.2, 0) is 5.41 Å². The molecule has 0 radical (unpaired) electrons. The Kier molecular flexibility index (Phi) is 5.11. The van der Waals surface area contributed by atoms with Gasteiger partial charge in [0, 0.05) is 54.3 Å².